The molecule has 0 N–H and O–H groups in total. The predicted molar refractivity (Wildman–Crippen MR) is 125 cm³/mol. The molecule has 2 aromatic carbocycles. The highest BCUT2D eigenvalue weighted by Crippen LogP contribution is 2.31. The number of nitrogens with zero attached hydrogens (tertiary/aromatic N) is 3. The first-order valence-corrected chi connectivity index (χ1v) is 11.9. The van der Waals surface area contributed by atoms with Gasteiger partial charge >= 0.3 is 17.9 Å². The summed E-state index contributed by atoms with van der Waals surface area (Å²) in [6, 6.07) is 14.4. The molecule has 3 aromatic rings. The zero-order chi connectivity index (χ0) is 24.9. The minimum atomic E-state index is -1.10. The van der Waals surface area contributed by atoms with Crippen molar-refractivity contribution < 1.29 is 33.3 Å². The maximum atomic E-state index is 11.8. The fourth-order valence-electron chi connectivity index (χ4n) is 3.87. The van der Waals surface area contributed by atoms with Crippen molar-refractivity contribution in [3.05, 3.63) is 54.4 Å². The molecule has 0 amide bonds. The zero-order valence-corrected chi connectivity index (χ0v) is 20.3. The minimum Gasteiger partial charge on any atom is -0.456 e. The SMILES string of the molecule is CC(=O)OC1COC(n2cc(CSc3ccc4ccccc4c3)nn2)C(OC(C)=O)C1OC(C)=O. The highest BCUT2D eigenvalue weighted by atomic mass is 32.2. The van der Waals surface area contributed by atoms with Crippen molar-refractivity contribution in [2.24, 2.45) is 0 Å². The average molecular weight is 500 g/mol. The van der Waals surface area contributed by atoms with E-state index in [-0.39, 0.29) is 6.61 Å². The van der Waals surface area contributed by atoms with Crippen molar-refractivity contribution in [3.8, 4) is 0 Å². The molecule has 4 rings (SSSR count). The van der Waals surface area contributed by atoms with Crippen LogP contribution in [0.4, 0.5) is 0 Å². The van der Waals surface area contributed by atoms with E-state index in [4.69, 9.17) is 18.9 Å². The molecular formula is C24H25N3O7S. The lowest BCUT2D eigenvalue weighted by atomic mass is 10.0. The van der Waals surface area contributed by atoms with E-state index in [1.807, 2.05) is 12.1 Å². The van der Waals surface area contributed by atoms with Crippen LogP contribution in [-0.4, -0.2) is 57.8 Å². The molecule has 1 aliphatic rings. The van der Waals surface area contributed by atoms with Gasteiger partial charge in [0.15, 0.2) is 24.5 Å². The lowest BCUT2D eigenvalue weighted by Gasteiger charge is -2.40. The Bertz CT molecular complexity index is 1230. The maximum Gasteiger partial charge on any atom is 0.303 e. The Morgan fingerprint density at radius 3 is 2.37 bits per heavy atom. The number of ether oxygens (including phenoxy) is 4. The summed E-state index contributed by atoms with van der Waals surface area (Å²) in [7, 11) is 0. The topological polar surface area (TPSA) is 119 Å². The van der Waals surface area contributed by atoms with Crippen LogP contribution in [0.15, 0.2) is 53.6 Å². The Hall–Kier alpha value is -3.44. The molecule has 1 saturated heterocycles. The van der Waals surface area contributed by atoms with E-state index >= 15 is 0 Å². The van der Waals surface area contributed by atoms with Gasteiger partial charge in [0.2, 0.25) is 0 Å². The van der Waals surface area contributed by atoms with Crippen molar-refractivity contribution in [1.29, 1.82) is 0 Å². The van der Waals surface area contributed by atoms with E-state index in [0.29, 0.717) is 11.4 Å². The molecule has 0 radical (unpaired) electrons. The first-order valence-electron chi connectivity index (χ1n) is 11.0. The molecule has 0 spiro atoms. The number of esters is 3. The minimum absolute atomic E-state index is 0.0824. The van der Waals surface area contributed by atoms with Gasteiger partial charge < -0.3 is 18.9 Å². The van der Waals surface area contributed by atoms with E-state index in [2.05, 4.69) is 40.6 Å². The Morgan fingerprint density at radius 2 is 1.66 bits per heavy atom. The second-order valence-corrected chi connectivity index (χ2v) is 9.06. The zero-order valence-electron chi connectivity index (χ0n) is 19.5. The van der Waals surface area contributed by atoms with Crippen LogP contribution in [0.25, 0.3) is 10.8 Å². The van der Waals surface area contributed by atoms with Crippen molar-refractivity contribution in [3.63, 3.8) is 0 Å². The lowest BCUT2D eigenvalue weighted by molar-refractivity contribution is -0.241. The number of thioether (sulfide) groups is 1. The molecular weight excluding hydrogens is 474 g/mol. The summed E-state index contributed by atoms with van der Waals surface area (Å²) in [4.78, 5) is 36.2. The fourth-order valence-corrected chi connectivity index (χ4v) is 4.69. The van der Waals surface area contributed by atoms with Gasteiger partial charge in [-0.3, -0.25) is 14.4 Å². The van der Waals surface area contributed by atoms with Crippen LogP contribution in [-0.2, 0) is 39.1 Å². The van der Waals surface area contributed by atoms with E-state index in [1.54, 1.807) is 18.0 Å². The molecule has 0 aliphatic carbocycles. The lowest BCUT2D eigenvalue weighted by Crippen LogP contribution is -2.55. The van der Waals surface area contributed by atoms with Crippen molar-refractivity contribution in [2.75, 3.05) is 6.61 Å². The van der Waals surface area contributed by atoms with E-state index < -0.39 is 42.4 Å². The van der Waals surface area contributed by atoms with Gasteiger partial charge in [-0.2, -0.15) is 0 Å². The average Bonchev–Trinajstić information content (AvgIpc) is 3.27. The number of hydrogen-bond acceptors (Lipinski definition) is 10. The van der Waals surface area contributed by atoms with Gasteiger partial charge in [-0.25, -0.2) is 4.68 Å². The first kappa shape index (κ1) is 24.7. The Morgan fingerprint density at radius 1 is 0.971 bits per heavy atom. The van der Waals surface area contributed by atoms with E-state index in [1.165, 1.54) is 30.8 Å². The third-order valence-corrected chi connectivity index (χ3v) is 6.28. The van der Waals surface area contributed by atoms with Crippen LogP contribution in [0.5, 0.6) is 0 Å². The standard InChI is InChI=1S/C24H25N3O7S/c1-14(28)32-21-12-31-24(23(34-16(3)30)22(21)33-15(2)29)27-11-19(25-26-27)13-35-20-9-8-17-6-4-5-7-18(17)10-20/h4-11,21-24H,12-13H2,1-3H3. The van der Waals surface area contributed by atoms with Crippen molar-refractivity contribution in [1.82, 2.24) is 15.0 Å². The van der Waals surface area contributed by atoms with Crippen LogP contribution in [0, 0.1) is 0 Å². The second kappa shape index (κ2) is 10.9. The summed E-state index contributed by atoms with van der Waals surface area (Å²) in [5.74, 6) is -1.26. The number of benzene rings is 2. The summed E-state index contributed by atoms with van der Waals surface area (Å²) in [6.07, 6.45) is -2.35. The largest absolute Gasteiger partial charge is 0.456 e. The first-order chi connectivity index (χ1) is 16.8. The van der Waals surface area contributed by atoms with Gasteiger partial charge in [-0.15, -0.1) is 16.9 Å². The van der Waals surface area contributed by atoms with Crippen molar-refractivity contribution in [2.45, 2.75) is 56.0 Å². The summed E-state index contributed by atoms with van der Waals surface area (Å²) < 4.78 is 23.3. The maximum absolute atomic E-state index is 11.8. The predicted octanol–water partition coefficient (Wildman–Crippen LogP) is 3.05. The normalized spacial score (nSPS) is 21.9. The van der Waals surface area contributed by atoms with Gasteiger partial charge in [0.05, 0.1) is 18.5 Å². The summed E-state index contributed by atoms with van der Waals surface area (Å²) in [6.45, 7) is 3.59. The highest BCUT2D eigenvalue weighted by Gasteiger charge is 2.48. The number of carbonyl (C=O) groups is 3. The molecule has 4 unspecified atom stereocenters. The van der Waals surface area contributed by atoms with E-state index in [0.717, 1.165) is 10.3 Å². The van der Waals surface area contributed by atoms with Crippen LogP contribution < -0.4 is 0 Å². The summed E-state index contributed by atoms with van der Waals surface area (Å²) in [5.41, 5.74) is 0.680. The van der Waals surface area contributed by atoms with Crippen molar-refractivity contribution >= 4 is 40.4 Å². The molecule has 10 nitrogen and oxygen atoms in total. The molecule has 1 aliphatic heterocycles. The second-order valence-electron chi connectivity index (χ2n) is 8.01. The highest BCUT2D eigenvalue weighted by molar-refractivity contribution is 7.98. The summed E-state index contributed by atoms with van der Waals surface area (Å²) in [5, 5.41) is 10.7. The van der Waals surface area contributed by atoms with Gasteiger partial charge in [0, 0.05) is 31.4 Å². The van der Waals surface area contributed by atoms with Gasteiger partial charge in [0.1, 0.15) is 0 Å². The third-order valence-electron chi connectivity index (χ3n) is 5.25. The molecule has 1 fully saturated rings. The van der Waals surface area contributed by atoms with Crippen LogP contribution >= 0.6 is 11.8 Å². The third kappa shape index (κ3) is 6.17. The number of fused-ring (bicyclic) bond motifs is 1. The Balaban J connectivity index is 1.51. The van der Waals surface area contributed by atoms with Gasteiger partial charge in [-0.1, -0.05) is 35.5 Å². The number of aromatic nitrogens is 3. The Kier molecular flexibility index (Phi) is 7.67. The smallest absolute Gasteiger partial charge is 0.303 e. The molecule has 0 bridgehead atoms. The quantitative estimate of drug-likeness (QED) is 0.273. The van der Waals surface area contributed by atoms with Gasteiger partial charge in [0.25, 0.3) is 0 Å². The Labute approximate surface area is 205 Å². The van der Waals surface area contributed by atoms with Crippen LogP contribution in [0.3, 0.4) is 0 Å². The molecule has 1 aromatic heterocycles. The molecule has 11 heteroatoms. The van der Waals surface area contributed by atoms with Crippen LogP contribution in [0.2, 0.25) is 0 Å². The van der Waals surface area contributed by atoms with Gasteiger partial charge in [-0.05, 0) is 22.9 Å². The molecule has 2 heterocycles. The number of hydrogen-bond donors (Lipinski definition) is 0. The molecule has 0 saturated carbocycles. The fraction of sp³-hybridized carbons (Fsp3) is 0.375. The van der Waals surface area contributed by atoms with E-state index in [9.17, 15) is 14.4 Å². The molecule has 4 atom stereocenters. The molecule has 184 valence electrons. The molecule has 35 heavy (non-hydrogen) atoms. The number of rotatable bonds is 7. The van der Waals surface area contributed by atoms with Crippen LogP contribution in [0.1, 0.15) is 32.7 Å². The number of carbonyl (C=O) groups excluding carboxylic acids is 3. The summed E-state index contributed by atoms with van der Waals surface area (Å²) >= 11 is 1.61. The monoisotopic (exact) mass is 499 g/mol.